The molecule has 0 bridgehead atoms. The van der Waals surface area contributed by atoms with E-state index in [0.717, 1.165) is 26.8 Å². The summed E-state index contributed by atoms with van der Waals surface area (Å²) in [4.78, 5) is 14.8. The molecule has 162 valence electrons. The number of nitrogens with one attached hydrogen (secondary N) is 1. The zero-order valence-corrected chi connectivity index (χ0v) is 19.3. The summed E-state index contributed by atoms with van der Waals surface area (Å²) in [6.07, 6.45) is 0. The molecule has 0 radical (unpaired) electrons. The number of hydrogen-bond donors (Lipinski definition) is 1. The molecule has 32 heavy (non-hydrogen) atoms. The van der Waals surface area contributed by atoms with Gasteiger partial charge in [-0.1, -0.05) is 66.0 Å². The minimum atomic E-state index is -0.0991. The standard InChI is InChI=1S/C24H22N4O2S2/c1-28-23(18-12-6-8-14-20(18)30-2)26-27-24(28)31-16-22(29)25-19-13-7-9-15-21(19)32-17-10-4-3-5-11-17/h3-15H,16H2,1-2H3,(H,25,29). The second-order valence-electron chi connectivity index (χ2n) is 6.81. The Morgan fingerprint density at radius 3 is 2.50 bits per heavy atom. The van der Waals surface area contributed by atoms with Gasteiger partial charge in [0, 0.05) is 16.8 Å². The number of ether oxygens (including phenoxy) is 1. The van der Waals surface area contributed by atoms with Crippen molar-refractivity contribution in [1.82, 2.24) is 14.8 Å². The van der Waals surface area contributed by atoms with Gasteiger partial charge in [-0.3, -0.25) is 4.79 Å². The molecular weight excluding hydrogens is 440 g/mol. The average Bonchev–Trinajstić information content (AvgIpc) is 3.19. The maximum atomic E-state index is 12.7. The summed E-state index contributed by atoms with van der Waals surface area (Å²) < 4.78 is 7.30. The van der Waals surface area contributed by atoms with Crippen molar-refractivity contribution in [2.24, 2.45) is 7.05 Å². The van der Waals surface area contributed by atoms with Gasteiger partial charge in [0.15, 0.2) is 11.0 Å². The number of methoxy groups -OCH3 is 1. The molecule has 0 aliphatic carbocycles. The van der Waals surface area contributed by atoms with Crippen LogP contribution in [0.25, 0.3) is 11.4 Å². The third-order valence-electron chi connectivity index (χ3n) is 4.65. The van der Waals surface area contributed by atoms with Crippen LogP contribution in [0.1, 0.15) is 0 Å². The Hall–Kier alpha value is -3.23. The summed E-state index contributed by atoms with van der Waals surface area (Å²) in [6, 6.07) is 25.5. The highest BCUT2D eigenvalue weighted by molar-refractivity contribution is 8.00. The van der Waals surface area contributed by atoms with Crippen molar-refractivity contribution >= 4 is 35.1 Å². The van der Waals surface area contributed by atoms with Gasteiger partial charge in [-0.15, -0.1) is 10.2 Å². The van der Waals surface area contributed by atoms with Crippen molar-refractivity contribution in [3.8, 4) is 17.1 Å². The summed E-state index contributed by atoms with van der Waals surface area (Å²) in [5, 5.41) is 12.2. The van der Waals surface area contributed by atoms with Crippen LogP contribution in [0.15, 0.2) is 93.8 Å². The SMILES string of the molecule is COc1ccccc1-c1nnc(SCC(=O)Nc2ccccc2Sc2ccccc2)n1C. The fourth-order valence-corrected chi connectivity index (χ4v) is 4.73. The number of nitrogens with zero attached hydrogens (tertiary/aromatic N) is 3. The molecule has 0 aliphatic heterocycles. The van der Waals surface area contributed by atoms with Gasteiger partial charge in [0.1, 0.15) is 5.75 Å². The third kappa shape index (κ3) is 5.15. The Morgan fingerprint density at radius 2 is 1.69 bits per heavy atom. The Balaban J connectivity index is 1.42. The molecule has 0 unspecified atom stereocenters. The Bertz CT molecular complexity index is 1210. The summed E-state index contributed by atoms with van der Waals surface area (Å²) in [5.41, 5.74) is 1.65. The molecule has 8 heteroatoms. The topological polar surface area (TPSA) is 69.0 Å². The highest BCUT2D eigenvalue weighted by atomic mass is 32.2. The van der Waals surface area contributed by atoms with Crippen molar-refractivity contribution in [3.63, 3.8) is 0 Å². The lowest BCUT2D eigenvalue weighted by atomic mass is 10.2. The number of hydrogen-bond acceptors (Lipinski definition) is 6. The molecule has 1 heterocycles. The molecule has 1 aromatic heterocycles. The predicted octanol–water partition coefficient (Wildman–Crippen LogP) is 5.37. The van der Waals surface area contributed by atoms with E-state index in [4.69, 9.17) is 4.74 Å². The minimum Gasteiger partial charge on any atom is -0.496 e. The van der Waals surface area contributed by atoms with Crippen LogP contribution in [-0.2, 0) is 11.8 Å². The van der Waals surface area contributed by atoms with Gasteiger partial charge in [-0.25, -0.2) is 0 Å². The third-order valence-corrected chi connectivity index (χ3v) is 6.75. The highest BCUT2D eigenvalue weighted by Crippen LogP contribution is 2.33. The maximum absolute atomic E-state index is 12.7. The molecular formula is C24H22N4O2S2. The van der Waals surface area contributed by atoms with E-state index >= 15 is 0 Å². The number of thioether (sulfide) groups is 1. The summed E-state index contributed by atoms with van der Waals surface area (Å²) in [7, 11) is 3.51. The fourth-order valence-electron chi connectivity index (χ4n) is 3.10. The summed E-state index contributed by atoms with van der Waals surface area (Å²) in [5.74, 6) is 1.54. The van der Waals surface area contributed by atoms with E-state index in [-0.39, 0.29) is 11.7 Å². The zero-order valence-electron chi connectivity index (χ0n) is 17.7. The van der Waals surface area contributed by atoms with E-state index in [1.165, 1.54) is 11.8 Å². The molecule has 0 aliphatic rings. The van der Waals surface area contributed by atoms with Crippen molar-refractivity contribution in [1.29, 1.82) is 0 Å². The van der Waals surface area contributed by atoms with Crippen LogP contribution in [0.2, 0.25) is 0 Å². The average molecular weight is 463 g/mol. The second kappa shape index (κ2) is 10.4. The van der Waals surface area contributed by atoms with Crippen molar-refractivity contribution in [3.05, 3.63) is 78.9 Å². The molecule has 6 nitrogen and oxygen atoms in total. The monoisotopic (exact) mass is 462 g/mol. The molecule has 4 rings (SSSR count). The van der Waals surface area contributed by atoms with Gasteiger partial charge in [0.05, 0.1) is 24.1 Å². The second-order valence-corrected chi connectivity index (χ2v) is 8.87. The van der Waals surface area contributed by atoms with Gasteiger partial charge >= 0.3 is 0 Å². The molecule has 4 aromatic rings. The summed E-state index contributed by atoms with van der Waals surface area (Å²) >= 11 is 2.96. The normalized spacial score (nSPS) is 10.7. The molecule has 1 amide bonds. The van der Waals surface area contributed by atoms with Crippen LogP contribution in [0.5, 0.6) is 5.75 Å². The van der Waals surface area contributed by atoms with Gasteiger partial charge in [-0.2, -0.15) is 0 Å². The van der Waals surface area contributed by atoms with Crippen LogP contribution < -0.4 is 10.1 Å². The van der Waals surface area contributed by atoms with Crippen LogP contribution in [0.4, 0.5) is 5.69 Å². The van der Waals surface area contributed by atoms with Crippen LogP contribution in [0, 0.1) is 0 Å². The van der Waals surface area contributed by atoms with Gasteiger partial charge < -0.3 is 14.6 Å². The molecule has 0 saturated heterocycles. The van der Waals surface area contributed by atoms with Crippen molar-refractivity contribution in [2.45, 2.75) is 14.9 Å². The molecule has 0 saturated carbocycles. The quantitative estimate of drug-likeness (QED) is 0.355. The number of anilines is 1. The molecule has 1 N–H and O–H groups in total. The first-order valence-electron chi connectivity index (χ1n) is 9.93. The van der Waals surface area contributed by atoms with Crippen LogP contribution in [-0.4, -0.2) is 33.5 Å². The number of aromatic nitrogens is 3. The van der Waals surface area contributed by atoms with E-state index in [0.29, 0.717) is 11.0 Å². The predicted molar refractivity (Wildman–Crippen MR) is 129 cm³/mol. The van der Waals surface area contributed by atoms with Crippen LogP contribution >= 0.6 is 23.5 Å². The lowest BCUT2D eigenvalue weighted by molar-refractivity contribution is -0.113. The number of benzene rings is 3. The van der Waals surface area contributed by atoms with Gasteiger partial charge in [-0.05, 0) is 36.4 Å². The fraction of sp³-hybridized carbons (Fsp3) is 0.125. The lowest BCUT2D eigenvalue weighted by Gasteiger charge is -2.11. The van der Waals surface area contributed by atoms with Gasteiger partial charge in [0.25, 0.3) is 0 Å². The molecule has 0 atom stereocenters. The number of amides is 1. The molecule has 0 fully saturated rings. The van der Waals surface area contributed by atoms with E-state index in [2.05, 4.69) is 15.5 Å². The lowest BCUT2D eigenvalue weighted by Crippen LogP contribution is -2.15. The summed E-state index contributed by atoms with van der Waals surface area (Å²) in [6.45, 7) is 0. The van der Waals surface area contributed by atoms with Crippen molar-refractivity contribution in [2.75, 3.05) is 18.2 Å². The molecule has 3 aromatic carbocycles. The Morgan fingerprint density at radius 1 is 0.969 bits per heavy atom. The minimum absolute atomic E-state index is 0.0991. The maximum Gasteiger partial charge on any atom is 0.234 e. The van der Waals surface area contributed by atoms with E-state index in [1.54, 1.807) is 18.9 Å². The zero-order chi connectivity index (χ0) is 22.3. The largest absolute Gasteiger partial charge is 0.496 e. The number of carbonyl (C=O) groups excluding carboxylic acids is 1. The first-order chi connectivity index (χ1) is 15.7. The van der Waals surface area contributed by atoms with Crippen molar-refractivity contribution < 1.29 is 9.53 Å². The Kier molecular flexibility index (Phi) is 7.14. The van der Waals surface area contributed by atoms with E-state index in [9.17, 15) is 4.79 Å². The number of para-hydroxylation sites is 2. The number of rotatable bonds is 8. The highest BCUT2D eigenvalue weighted by Gasteiger charge is 2.16. The van der Waals surface area contributed by atoms with E-state index < -0.39 is 0 Å². The van der Waals surface area contributed by atoms with Crippen LogP contribution in [0.3, 0.4) is 0 Å². The first-order valence-corrected chi connectivity index (χ1v) is 11.7. The molecule has 0 spiro atoms. The smallest absolute Gasteiger partial charge is 0.234 e. The Labute approximate surface area is 195 Å². The number of carbonyl (C=O) groups is 1. The first kappa shape index (κ1) is 22.0. The van der Waals surface area contributed by atoms with E-state index in [1.807, 2.05) is 90.5 Å². The van der Waals surface area contributed by atoms with Gasteiger partial charge in [0.2, 0.25) is 5.91 Å².